The molecule has 0 atom stereocenters. The summed E-state index contributed by atoms with van der Waals surface area (Å²) in [5.74, 6) is 1.78. The number of nitrogens with zero attached hydrogens (tertiary/aromatic N) is 5. The number of nitrogens with one attached hydrogen (secondary N) is 1. The van der Waals surface area contributed by atoms with Crippen LogP contribution in [-0.2, 0) is 4.79 Å². The van der Waals surface area contributed by atoms with Crippen LogP contribution in [0.25, 0.3) is 0 Å². The average molecular weight is 292 g/mol. The van der Waals surface area contributed by atoms with Crippen molar-refractivity contribution in [2.45, 2.75) is 6.42 Å². The summed E-state index contributed by atoms with van der Waals surface area (Å²) in [7, 11) is 4.14. The van der Waals surface area contributed by atoms with Crippen LogP contribution in [0.3, 0.4) is 0 Å². The highest BCUT2D eigenvalue weighted by Crippen LogP contribution is 2.15. The van der Waals surface area contributed by atoms with Gasteiger partial charge in [0.05, 0.1) is 0 Å². The highest BCUT2D eigenvalue weighted by molar-refractivity contribution is 5.51. The molecule has 0 saturated carbocycles. The monoisotopic (exact) mass is 292 g/mol. The molecule has 0 aliphatic carbocycles. The largest absolute Gasteiger partial charge is 0.370 e. The number of hydrogen-bond donors (Lipinski definition) is 1. The lowest BCUT2D eigenvalue weighted by Crippen LogP contribution is -2.46. The SMILES string of the molecule is CN(C)CCCNc1cc(N2CCN(C=O)CC2)ncn1. The normalized spacial score (nSPS) is 15.4. The van der Waals surface area contributed by atoms with E-state index in [1.807, 2.05) is 6.07 Å². The first-order valence-corrected chi connectivity index (χ1v) is 7.34. The second-order valence-electron chi connectivity index (χ2n) is 5.47. The predicted molar refractivity (Wildman–Crippen MR) is 83.5 cm³/mol. The zero-order valence-electron chi connectivity index (χ0n) is 12.8. The van der Waals surface area contributed by atoms with Gasteiger partial charge in [-0.3, -0.25) is 4.79 Å². The van der Waals surface area contributed by atoms with Crippen molar-refractivity contribution < 1.29 is 4.79 Å². The van der Waals surface area contributed by atoms with Crippen LogP contribution in [0, 0.1) is 0 Å². The van der Waals surface area contributed by atoms with E-state index >= 15 is 0 Å². The molecular weight excluding hydrogens is 268 g/mol. The first-order chi connectivity index (χ1) is 10.2. The summed E-state index contributed by atoms with van der Waals surface area (Å²) >= 11 is 0. The molecule has 0 radical (unpaired) electrons. The van der Waals surface area contributed by atoms with Crippen LogP contribution in [0.4, 0.5) is 11.6 Å². The minimum Gasteiger partial charge on any atom is -0.370 e. The molecule has 1 aliphatic heterocycles. The number of rotatable bonds is 7. The van der Waals surface area contributed by atoms with E-state index in [-0.39, 0.29) is 0 Å². The summed E-state index contributed by atoms with van der Waals surface area (Å²) < 4.78 is 0. The van der Waals surface area contributed by atoms with Gasteiger partial charge >= 0.3 is 0 Å². The summed E-state index contributed by atoms with van der Waals surface area (Å²) in [4.78, 5) is 25.4. The molecule has 7 nitrogen and oxygen atoms in total. The molecule has 1 saturated heterocycles. The summed E-state index contributed by atoms with van der Waals surface area (Å²) in [6.07, 6.45) is 3.58. The third-order valence-corrected chi connectivity index (χ3v) is 3.53. The van der Waals surface area contributed by atoms with Crippen molar-refractivity contribution in [2.24, 2.45) is 0 Å². The number of amides is 1. The molecule has 1 aromatic rings. The standard InChI is InChI=1S/C14H24N6O/c1-18(2)5-3-4-15-13-10-14(17-11-16-13)20-8-6-19(12-21)7-9-20/h10-12H,3-9H2,1-2H3,(H,15,16,17). The van der Waals surface area contributed by atoms with Crippen LogP contribution in [0.2, 0.25) is 0 Å². The summed E-state index contributed by atoms with van der Waals surface area (Å²) in [6, 6.07) is 1.98. The molecule has 0 spiro atoms. The first-order valence-electron chi connectivity index (χ1n) is 7.34. The van der Waals surface area contributed by atoms with Gasteiger partial charge in [-0.1, -0.05) is 0 Å². The molecule has 2 rings (SSSR count). The van der Waals surface area contributed by atoms with Gasteiger partial charge in [-0.05, 0) is 27.1 Å². The Labute approximate surface area is 126 Å². The highest BCUT2D eigenvalue weighted by atomic mass is 16.1. The van der Waals surface area contributed by atoms with E-state index in [2.05, 4.69) is 39.2 Å². The lowest BCUT2D eigenvalue weighted by atomic mass is 10.3. The second kappa shape index (κ2) is 7.78. The van der Waals surface area contributed by atoms with Crippen molar-refractivity contribution in [1.29, 1.82) is 0 Å². The summed E-state index contributed by atoms with van der Waals surface area (Å²) in [6.45, 7) is 5.08. The maximum Gasteiger partial charge on any atom is 0.209 e. The van der Waals surface area contributed by atoms with Gasteiger partial charge in [-0.2, -0.15) is 0 Å². The quantitative estimate of drug-likeness (QED) is 0.569. The Morgan fingerprint density at radius 2 is 2.05 bits per heavy atom. The van der Waals surface area contributed by atoms with Gasteiger partial charge in [0.1, 0.15) is 18.0 Å². The lowest BCUT2D eigenvalue weighted by molar-refractivity contribution is -0.118. The minimum atomic E-state index is 0.749. The molecule has 0 aromatic carbocycles. The zero-order valence-corrected chi connectivity index (χ0v) is 12.8. The number of carbonyl (C=O) groups excluding carboxylic acids is 1. The van der Waals surface area contributed by atoms with Crippen LogP contribution >= 0.6 is 0 Å². The van der Waals surface area contributed by atoms with Crippen molar-refractivity contribution in [3.05, 3.63) is 12.4 Å². The lowest BCUT2D eigenvalue weighted by Gasteiger charge is -2.33. The molecule has 1 amide bonds. The van der Waals surface area contributed by atoms with Crippen LogP contribution in [-0.4, -0.2) is 79.5 Å². The third-order valence-electron chi connectivity index (χ3n) is 3.53. The number of anilines is 2. The molecule has 1 N–H and O–H groups in total. The fourth-order valence-corrected chi connectivity index (χ4v) is 2.28. The van der Waals surface area contributed by atoms with Crippen molar-refractivity contribution in [3.8, 4) is 0 Å². The topological polar surface area (TPSA) is 64.6 Å². The van der Waals surface area contributed by atoms with E-state index in [1.54, 1.807) is 11.2 Å². The maximum atomic E-state index is 10.7. The van der Waals surface area contributed by atoms with E-state index in [9.17, 15) is 4.79 Å². The van der Waals surface area contributed by atoms with Gasteiger partial charge in [-0.25, -0.2) is 9.97 Å². The van der Waals surface area contributed by atoms with E-state index in [4.69, 9.17) is 0 Å². The molecule has 0 bridgehead atoms. The van der Waals surface area contributed by atoms with E-state index in [0.29, 0.717) is 0 Å². The Morgan fingerprint density at radius 3 is 2.71 bits per heavy atom. The smallest absolute Gasteiger partial charge is 0.209 e. The van der Waals surface area contributed by atoms with Crippen molar-refractivity contribution in [1.82, 2.24) is 19.8 Å². The molecular formula is C14H24N6O. The second-order valence-corrected chi connectivity index (χ2v) is 5.47. The fraction of sp³-hybridized carbons (Fsp3) is 0.643. The number of carbonyl (C=O) groups is 1. The summed E-state index contributed by atoms with van der Waals surface area (Å²) in [5.41, 5.74) is 0. The van der Waals surface area contributed by atoms with E-state index < -0.39 is 0 Å². The zero-order chi connectivity index (χ0) is 15.1. The molecule has 1 aliphatic rings. The Kier molecular flexibility index (Phi) is 5.74. The fourth-order valence-electron chi connectivity index (χ4n) is 2.28. The molecule has 2 heterocycles. The van der Waals surface area contributed by atoms with Gasteiger partial charge in [0.25, 0.3) is 0 Å². The van der Waals surface area contributed by atoms with Crippen molar-refractivity contribution in [2.75, 3.05) is 63.6 Å². The average Bonchev–Trinajstić information content (AvgIpc) is 2.52. The molecule has 116 valence electrons. The van der Waals surface area contributed by atoms with E-state index in [1.165, 1.54) is 0 Å². The Morgan fingerprint density at radius 1 is 1.29 bits per heavy atom. The predicted octanol–water partition coefficient (Wildman–Crippen LogP) is 0.119. The number of hydrogen-bond acceptors (Lipinski definition) is 6. The number of aromatic nitrogens is 2. The Balaban J connectivity index is 1.84. The molecule has 21 heavy (non-hydrogen) atoms. The molecule has 1 aromatic heterocycles. The van der Waals surface area contributed by atoms with Gasteiger partial charge in [-0.15, -0.1) is 0 Å². The van der Waals surface area contributed by atoms with Gasteiger partial charge in [0.15, 0.2) is 0 Å². The van der Waals surface area contributed by atoms with Crippen LogP contribution in [0.5, 0.6) is 0 Å². The van der Waals surface area contributed by atoms with Crippen LogP contribution < -0.4 is 10.2 Å². The van der Waals surface area contributed by atoms with Gasteiger partial charge < -0.3 is 20.0 Å². The third kappa shape index (κ3) is 4.86. The molecule has 1 fully saturated rings. The van der Waals surface area contributed by atoms with Gasteiger partial charge in [0.2, 0.25) is 6.41 Å². The first kappa shape index (κ1) is 15.5. The summed E-state index contributed by atoms with van der Waals surface area (Å²) in [5, 5.41) is 3.33. The maximum absolute atomic E-state index is 10.7. The van der Waals surface area contributed by atoms with Crippen molar-refractivity contribution >= 4 is 18.0 Å². The van der Waals surface area contributed by atoms with Crippen molar-refractivity contribution in [3.63, 3.8) is 0 Å². The van der Waals surface area contributed by atoms with Crippen LogP contribution in [0.15, 0.2) is 12.4 Å². The Bertz CT molecular complexity index is 445. The molecule has 7 heteroatoms. The number of piperazine rings is 1. The molecule has 0 unspecified atom stereocenters. The van der Waals surface area contributed by atoms with Gasteiger partial charge in [0, 0.05) is 38.8 Å². The Hall–Kier alpha value is -1.89. The highest BCUT2D eigenvalue weighted by Gasteiger charge is 2.16. The minimum absolute atomic E-state index is 0.749. The van der Waals surface area contributed by atoms with E-state index in [0.717, 1.165) is 63.7 Å². The van der Waals surface area contributed by atoms with Crippen LogP contribution in [0.1, 0.15) is 6.42 Å².